The van der Waals surface area contributed by atoms with E-state index in [1.54, 1.807) is 18.2 Å². The van der Waals surface area contributed by atoms with Crippen LogP contribution < -0.4 is 5.32 Å². The van der Waals surface area contributed by atoms with Crippen molar-refractivity contribution >= 4 is 35.1 Å². The topological polar surface area (TPSA) is 153 Å². The molecule has 1 unspecified atom stereocenters. The Labute approximate surface area is 227 Å². The van der Waals surface area contributed by atoms with E-state index in [-0.39, 0.29) is 17.2 Å². The molecule has 2 heterocycles. The third-order valence-corrected chi connectivity index (χ3v) is 6.39. The second-order valence-corrected chi connectivity index (χ2v) is 9.07. The van der Waals surface area contributed by atoms with Crippen molar-refractivity contribution in [1.82, 2.24) is 15.5 Å². The van der Waals surface area contributed by atoms with Crippen LogP contribution in [0.3, 0.4) is 0 Å². The van der Waals surface area contributed by atoms with Crippen LogP contribution in [0.25, 0.3) is 11.3 Å². The fourth-order valence-electron chi connectivity index (χ4n) is 3.69. The Balaban J connectivity index is 0.000000360. The van der Waals surface area contributed by atoms with Crippen LogP contribution in [0, 0.1) is 5.82 Å². The third kappa shape index (κ3) is 7.19. The van der Waals surface area contributed by atoms with Crippen LogP contribution in [0.5, 0.6) is 0 Å². The molecule has 0 fully saturated rings. The number of alkyl halides is 3. The average molecular weight is 592 g/mol. The molecule has 1 aromatic heterocycles. The number of halogens is 6. The minimum absolute atomic E-state index is 0.0370. The van der Waals surface area contributed by atoms with E-state index in [1.807, 2.05) is 6.07 Å². The molecular weight excluding hydrogens is 573 g/mol. The van der Waals surface area contributed by atoms with Crippen molar-refractivity contribution in [2.45, 2.75) is 30.8 Å². The van der Waals surface area contributed by atoms with E-state index in [4.69, 9.17) is 43.6 Å². The number of nitrogens with zero attached hydrogens (tertiary/aromatic N) is 2. The van der Waals surface area contributed by atoms with Crippen molar-refractivity contribution in [3.8, 4) is 11.3 Å². The molecule has 3 aromatic rings. The zero-order valence-corrected chi connectivity index (χ0v) is 21.0. The van der Waals surface area contributed by atoms with Gasteiger partial charge in [0, 0.05) is 24.6 Å². The van der Waals surface area contributed by atoms with Gasteiger partial charge in [0.2, 0.25) is 0 Å². The van der Waals surface area contributed by atoms with E-state index in [0.717, 1.165) is 28.8 Å². The SMILES string of the molecule is Fc1cc2c(cc1-c1ccc(C(F)(F)F)nn1)CNCC2c1ccc(Cl)c(Cl)c1.O=C(O)[C@H](O)[C@@H](O)C(=O)O. The monoisotopic (exact) mass is 591 g/mol. The van der Waals surface area contributed by atoms with Gasteiger partial charge in [0.1, 0.15) is 5.82 Å². The number of nitrogens with one attached hydrogen (secondary N) is 1. The maximum Gasteiger partial charge on any atom is 0.435 e. The van der Waals surface area contributed by atoms with Crippen LogP contribution in [0.15, 0.2) is 42.5 Å². The van der Waals surface area contributed by atoms with Gasteiger partial charge in [0.15, 0.2) is 17.9 Å². The molecule has 39 heavy (non-hydrogen) atoms. The number of aromatic nitrogens is 2. The van der Waals surface area contributed by atoms with Gasteiger partial charge in [-0.3, -0.25) is 0 Å². The number of carboxylic acid groups (broad SMARTS) is 2. The zero-order chi connectivity index (χ0) is 29.1. The first-order valence-corrected chi connectivity index (χ1v) is 11.7. The second kappa shape index (κ2) is 12.2. The molecular formula is C24H19Cl2F4N3O6. The van der Waals surface area contributed by atoms with Crippen LogP contribution in [0.1, 0.15) is 28.3 Å². The van der Waals surface area contributed by atoms with Gasteiger partial charge in [-0.25, -0.2) is 14.0 Å². The molecule has 1 aliphatic heterocycles. The van der Waals surface area contributed by atoms with Crippen molar-refractivity contribution < 1.29 is 47.6 Å². The van der Waals surface area contributed by atoms with E-state index < -0.39 is 41.8 Å². The summed E-state index contributed by atoms with van der Waals surface area (Å²) in [5.41, 5.74) is 1.50. The number of carbonyl (C=O) groups is 2. The summed E-state index contributed by atoms with van der Waals surface area (Å²) >= 11 is 12.1. The Hall–Kier alpha value is -3.36. The number of aliphatic hydroxyl groups excluding tert-OH is 2. The number of fused-ring (bicyclic) bond motifs is 1. The van der Waals surface area contributed by atoms with E-state index in [2.05, 4.69) is 15.5 Å². The minimum atomic E-state index is -4.60. The second-order valence-electron chi connectivity index (χ2n) is 8.26. The number of hydrogen-bond donors (Lipinski definition) is 5. The van der Waals surface area contributed by atoms with Crippen molar-refractivity contribution in [3.63, 3.8) is 0 Å². The summed E-state index contributed by atoms with van der Waals surface area (Å²) in [6.45, 7) is 1.08. The number of benzene rings is 2. The van der Waals surface area contributed by atoms with Gasteiger partial charge in [-0.05, 0) is 53.1 Å². The molecule has 0 amide bonds. The zero-order valence-electron chi connectivity index (χ0n) is 19.5. The molecule has 0 bridgehead atoms. The largest absolute Gasteiger partial charge is 0.479 e. The molecule has 208 valence electrons. The Morgan fingerprint density at radius 1 is 0.949 bits per heavy atom. The Morgan fingerprint density at radius 2 is 1.59 bits per heavy atom. The van der Waals surface area contributed by atoms with E-state index >= 15 is 0 Å². The van der Waals surface area contributed by atoms with Crippen LogP contribution in [0.4, 0.5) is 17.6 Å². The fourth-order valence-corrected chi connectivity index (χ4v) is 4.00. The molecule has 4 rings (SSSR count). The summed E-state index contributed by atoms with van der Waals surface area (Å²) in [7, 11) is 0. The van der Waals surface area contributed by atoms with Crippen LogP contribution in [-0.4, -0.2) is 61.3 Å². The standard InChI is InChI=1S/C20H13Cl2F4N3.C4H6O6/c21-15-2-1-10(6-16(15)22)14-9-27-8-11-5-13(17(23)7-12(11)14)18-3-4-19(29-28-18)20(24,25)26;5-1(3(7)8)2(6)4(9)10/h1-7,14,27H,8-9H2;1-2,5-6H,(H,7,8)(H,9,10)/t;1-,2-/m.1/s1. The molecule has 5 N–H and O–H groups in total. The summed E-state index contributed by atoms with van der Waals surface area (Å²) < 4.78 is 52.9. The van der Waals surface area contributed by atoms with Crippen LogP contribution >= 0.6 is 23.2 Å². The highest BCUT2D eigenvalue weighted by molar-refractivity contribution is 6.42. The normalized spacial score (nSPS) is 16.4. The molecule has 0 saturated carbocycles. The highest BCUT2D eigenvalue weighted by Gasteiger charge is 2.33. The highest BCUT2D eigenvalue weighted by atomic mass is 35.5. The molecule has 1 aliphatic rings. The number of aliphatic hydroxyl groups is 2. The van der Waals surface area contributed by atoms with Gasteiger partial charge in [-0.1, -0.05) is 29.3 Å². The summed E-state index contributed by atoms with van der Waals surface area (Å²) in [4.78, 5) is 19.5. The quantitative estimate of drug-likeness (QED) is 0.279. The van der Waals surface area contributed by atoms with Gasteiger partial charge >= 0.3 is 18.1 Å². The molecule has 0 radical (unpaired) electrons. The first kappa shape index (κ1) is 30.2. The highest BCUT2D eigenvalue weighted by Crippen LogP contribution is 2.36. The predicted molar refractivity (Wildman–Crippen MR) is 130 cm³/mol. The minimum Gasteiger partial charge on any atom is -0.479 e. The summed E-state index contributed by atoms with van der Waals surface area (Å²) in [5.74, 6) is -4.26. The first-order chi connectivity index (χ1) is 18.2. The third-order valence-electron chi connectivity index (χ3n) is 5.65. The number of rotatable bonds is 5. The van der Waals surface area contributed by atoms with E-state index in [0.29, 0.717) is 23.1 Å². The molecule has 0 spiro atoms. The van der Waals surface area contributed by atoms with Crippen molar-refractivity contribution in [2.75, 3.05) is 6.54 Å². The first-order valence-electron chi connectivity index (χ1n) is 10.9. The maximum absolute atomic E-state index is 14.9. The Morgan fingerprint density at radius 3 is 2.10 bits per heavy atom. The van der Waals surface area contributed by atoms with Gasteiger partial charge in [0.25, 0.3) is 0 Å². The lowest BCUT2D eigenvalue weighted by atomic mass is 9.84. The van der Waals surface area contributed by atoms with Crippen molar-refractivity contribution in [1.29, 1.82) is 0 Å². The molecule has 0 aliphatic carbocycles. The van der Waals surface area contributed by atoms with Crippen molar-refractivity contribution in [3.05, 3.63) is 80.7 Å². The van der Waals surface area contributed by atoms with E-state index in [1.165, 1.54) is 6.07 Å². The van der Waals surface area contributed by atoms with E-state index in [9.17, 15) is 27.2 Å². The predicted octanol–water partition coefficient (Wildman–Crippen LogP) is 3.72. The van der Waals surface area contributed by atoms with Crippen molar-refractivity contribution in [2.24, 2.45) is 0 Å². The molecule has 0 saturated heterocycles. The molecule has 15 heteroatoms. The Bertz CT molecular complexity index is 1360. The van der Waals surface area contributed by atoms with Gasteiger partial charge in [-0.2, -0.15) is 13.2 Å². The lowest BCUT2D eigenvalue weighted by Crippen LogP contribution is -2.39. The summed E-state index contributed by atoms with van der Waals surface area (Å²) in [6.07, 6.45) is -9.13. The summed E-state index contributed by atoms with van der Waals surface area (Å²) in [5, 5.41) is 43.4. The van der Waals surface area contributed by atoms with Gasteiger partial charge < -0.3 is 25.7 Å². The smallest absolute Gasteiger partial charge is 0.435 e. The number of carboxylic acids is 2. The lowest BCUT2D eigenvalue weighted by Gasteiger charge is -2.28. The average Bonchev–Trinajstić information content (AvgIpc) is 2.88. The fraction of sp³-hybridized carbons (Fsp3) is 0.250. The van der Waals surface area contributed by atoms with Gasteiger partial charge in [0.05, 0.1) is 15.7 Å². The summed E-state index contributed by atoms with van der Waals surface area (Å²) in [6, 6.07) is 10.2. The number of hydrogen-bond acceptors (Lipinski definition) is 7. The van der Waals surface area contributed by atoms with Crippen LogP contribution in [0.2, 0.25) is 10.0 Å². The molecule has 3 atom stereocenters. The lowest BCUT2D eigenvalue weighted by molar-refractivity contribution is -0.165. The molecule has 2 aromatic carbocycles. The molecule has 9 nitrogen and oxygen atoms in total. The van der Waals surface area contributed by atoms with Crippen LogP contribution in [-0.2, 0) is 22.3 Å². The number of aliphatic carboxylic acids is 2. The van der Waals surface area contributed by atoms with Gasteiger partial charge in [-0.15, -0.1) is 10.2 Å². The maximum atomic E-state index is 14.9. The Kier molecular flexibility index (Phi) is 9.46.